The fourth-order valence-corrected chi connectivity index (χ4v) is 1.86. The number of ether oxygens (including phenoxy) is 1. The fraction of sp³-hybridized carbons (Fsp3) is 0.308. The molecule has 0 aliphatic carbocycles. The molecule has 0 radical (unpaired) electrons. The van der Waals surface area contributed by atoms with Crippen molar-refractivity contribution in [2.75, 3.05) is 7.11 Å². The molecule has 86 valence electrons. The first-order valence-corrected chi connectivity index (χ1v) is 6.24. The SMILES string of the molecule is CC.COc1nc(-c2ccc(C)cc2)cs1. The van der Waals surface area contributed by atoms with Crippen LogP contribution in [0.1, 0.15) is 19.4 Å². The molecule has 0 aliphatic rings. The molecule has 1 aromatic heterocycles. The molecule has 0 unspecified atom stereocenters. The Labute approximate surface area is 101 Å². The molecule has 1 aromatic carbocycles. The van der Waals surface area contributed by atoms with E-state index in [9.17, 15) is 0 Å². The summed E-state index contributed by atoms with van der Waals surface area (Å²) in [6.07, 6.45) is 0. The molecule has 1 heterocycles. The lowest BCUT2D eigenvalue weighted by molar-refractivity contribution is 0.412. The molecule has 2 rings (SSSR count). The van der Waals surface area contributed by atoms with Gasteiger partial charge >= 0.3 is 0 Å². The van der Waals surface area contributed by atoms with Crippen LogP contribution in [-0.2, 0) is 0 Å². The molecule has 2 nitrogen and oxygen atoms in total. The van der Waals surface area contributed by atoms with Crippen molar-refractivity contribution in [2.45, 2.75) is 20.8 Å². The van der Waals surface area contributed by atoms with Crippen LogP contribution in [-0.4, -0.2) is 12.1 Å². The topological polar surface area (TPSA) is 22.1 Å². The molecule has 0 spiro atoms. The third kappa shape index (κ3) is 3.07. The standard InChI is InChI=1S/C11H11NOS.C2H6/c1-8-3-5-9(6-4-8)10-7-14-11(12-10)13-2;1-2/h3-7H,1-2H3;1-2H3. The van der Waals surface area contributed by atoms with E-state index in [4.69, 9.17) is 4.74 Å². The van der Waals surface area contributed by atoms with Crippen molar-refractivity contribution in [1.29, 1.82) is 0 Å². The average molecular weight is 235 g/mol. The monoisotopic (exact) mass is 235 g/mol. The summed E-state index contributed by atoms with van der Waals surface area (Å²) in [6, 6.07) is 8.32. The van der Waals surface area contributed by atoms with Gasteiger partial charge in [0.05, 0.1) is 12.8 Å². The molecule has 2 aromatic rings. The van der Waals surface area contributed by atoms with Crippen LogP contribution < -0.4 is 4.74 Å². The van der Waals surface area contributed by atoms with Gasteiger partial charge in [0.2, 0.25) is 0 Å². The highest BCUT2D eigenvalue weighted by molar-refractivity contribution is 7.11. The van der Waals surface area contributed by atoms with E-state index in [1.54, 1.807) is 7.11 Å². The van der Waals surface area contributed by atoms with Crippen molar-refractivity contribution in [1.82, 2.24) is 4.98 Å². The molecule has 0 aliphatic heterocycles. The van der Waals surface area contributed by atoms with Gasteiger partial charge < -0.3 is 4.74 Å². The molecule has 3 heteroatoms. The summed E-state index contributed by atoms with van der Waals surface area (Å²) in [7, 11) is 1.64. The molecule has 0 bridgehead atoms. The Morgan fingerprint density at radius 2 is 1.75 bits per heavy atom. The van der Waals surface area contributed by atoms with Gasteiger partial charge in [-0.15, -0.1) is 0 Å². The number of hydrogen-bond acceptors (Lipinski definition) is 3. The number of hydrogen-bond donors (Lipinski definition) is 0. The van der Waals surface area contributed by atoms with E-state index < -0.39 is 0 Å². The number of nitrogens with zero attached hydrogens (tertiary/aromatic N) is 1. The summed E-state index contributed by atoms with van der Waals surface area (Å²) >= 11 is 1.52. The van der Waals surface area contributed by atoms with Crippen molar-refractivity contribution in [2.24, 2.45) is 0 Å². The quantitative estimate of drug-likeness (QED) is 0.780. The highest BCUT2D eigenvalue weighted by Crippen LogP contribution is 2.25. The summed E-state index contributed by atoms with van der Waals surface area (Å²) < 4.78 is 5.05. The van der Waals surface area contributed by atoms with Crippen LogP contribution in [0.4, 0.5) is 0 Å². The zero-order valence-electron chi connectivity index (χ0n) is 10.2. The molecule has 16 heavy (non-hydrogen) atoms. The van der Waals surface area contributed by atoms with Gasteiger partial charge in [0.1, 0.15) is 0 Å². The Morgan fingerprint density at radius 1 is 1.12 bits per heavy atom. The fourth-order valence-electron chi connectivity index (χ4n) is 1.21. The lowest BCUT2D eigenvalue weighted by Gasteiger charge is -1.96. The van der Waals surface area contributed by atoms with Crippen molar-refractivity contribution >= 4 is 11.3 Å². The van der Waals surface area contributed by atoms with Gasteiger partial charge in [0, 0.05) is 10.9 Å². The van der Waals surface area contributed by atoms with E-state index >= 15 is 0 Å². The lowest BCUT2D eigenvalue weighted by atomic mass is 10.1. The van der Waals surface area contributed by atoms with Gasteiger partial charge in [-0.2, -0.15) is 0 Å². The van der Waals surface area contributed by atoms with Gasteiger partial charge in [0.15, 0.2) is 0 Å². The van der Waals surface area contributed by atoms with E-state index in [0.29, 0.717) is 5.19 Å². The molecule has 0 saturated heterocycles. The third-order valence-corrected chi connectivity index (χ3v) is 2.81. The number of thiazole rings is 1. The van der Waals surface area contributed by atoms with E-state index in [0.717, 1.165) is 11.3 Å². The summed E-state index contributed by atoms with van der Waals surface area (Å²) in [5.74, 6) is 0. The minimum absolute atomic E-state index is 0.709. The van der Waals surface area contributed by atoms with Crippen LogP contribution in [0.15, 0.2) is 29.6 Å². The summed E-state index contributed by atoms with van der Waals surface area (Å²) in [5.41, 5.74) is 3.37. The molecule has 0 atom stereocenters. The second-order valence-corrected chi connectivity index (χ2v) is 3.89. The zero-order chi connectivity index (χ0) is 12.0. The Balaban J connectivity index is 0.000000606. The van der Waals surface area contributed by atoms with Crippen LogP contribution in [0.2, 0.25) is 0 Å². The second-order valence-electron chi connectivity index (χ2n) is 3.07. The minimum atomic E-state index is 0.709. The maximum Gasteiger partial charge on any atom is 0.273 e. The van der Waals surface area contributed by atoms with Gasteiger partial charge in [-0.3, -0.25) is 0 Å². The Bertz CT molecular complexity index is 420. The van der Waals surface area contributed by atoms with Gasteiger partial charge in [-0.1, -0.05) is 55.0 Å². The van der Waals surface area contributed by atoms with Gasteiger partial charge in [0.25, 0.3) is 5.19 Å². The van der Waals surface area contributed by atoms with Crippen LogP contribution in [0.25, 0.3) is 11.3 Å². The van der Waals surface area contributed by atoms with Gasteiger partial charge in [-0.25, -0.2) is 4.98 Å². The lowest BCUT2D eigenvalue weighted by Crippen LogP contribution is -1.81. The van der Waals surface area contributed by atoms with Gasteiger partial charge in [-0.05, 0) is 6.92 Å². The zero-order valence-corrected chi connectivity index (χ0v) is 11.0. The van der Waals surface area contributed by atoms with Crippen molar-refractivity contribution in [3.8, 4) is 16.5 Å². The Morgan fingerprint density at radius 3 is 2.25 bits per heavy atom. The van der Waals surface area contributed by atoms with Crippen molar-refractivity contribution in [3.05, 3.63) is 35.2 Å². The van der Waals surface area contributed by atoms with E-state index in [-0.39, 0.29) is 0 Å². The van der Waals surface area contributed by atoms with Crippen molar-refractivity contribution < 1.29 is 4.74 Å². The van der Waals surface area contributed by atoms with E-state index in [1.807, 2.05) is 19.2 Å². The maximum absolute atomic E-state index is 5.05. The summed E-state index contributed by atoms with van der Waals surface area (Å²) in [5, 5.41) is 2.71. The second kappa shape index (κ2) is 6.28. The molecule has 0 N–H and O–H groups in total. The number of benzene rings is 1. The average Bonchev–Trinajstić information content (AvgIpc) is 2.81. The van der Waals surface area contributed by atoms with E-state index in [1.165, 1.54) is 16.9 Å². The van der Waals surface area contributed by atoms with E-state index in [2.05, 4.69) is 36.2 Å². The molecular formula is C13H17NOS. The number of rotatable bonds is 2. The number of aryl methyl sites for hydroxylation is 1. The molecular weight excluding hydrogens is 218 g/mol. The summed E-state index contributed by atoms with van der Waals surface area (Å²) in [4.78, 5) is 4.32. The smallest absolute Gasteiger partial charge is 0.273 e. The van der Waals surface area contributed by atoms with Crippen molar-refractivity contribution in [3.63, 3.8) is 0 Å². The normalized spacial score (nSPS) is 9.25. The molecule has 0 saturated carbocycles. The van der Waals surface area contributed by atoms with Crippen LogP contribution in [0, 0.1) is 6.92 Å². The largest absolute Gasteiger partial charge is 0.473 e. The van der Waals surface area contributed by atoms with Crippen LogP contribution in [0.5, 0.6) is 5.19 Å². The summed E-state index contributed by atoms with van der Waals surface area (Å²) in [6.45, 7) is 6.07. The Hall–Kier alpha value is -1.35. The van der Waals surface area contributed by atoms with Crippen LogP contribution in [0.3, 0.4) is 0 Å². The predicted octanol–water partition coefficient (Wildman–Crippen LogP) is 4.15. The maximum atomic E-state index is 5.05. The van der Waals surface area contributed by atoms with Crippen LogP contribution >= 0.6 is 11.3 Å². The third-order valence-electron chi connectivity index (χ3n) is 2.01. The predicted molar refractivity (Wildman–Crippen MR) is 70.2 cm³/mol. The minimum Gasteiger partial charge on any atom is -0.473 e. The first-order chi connectivity index (χ1) is 7.79. The molecule has 0 amide bonds. The number of aromatic nitrogens is 1. The highest BCUT2D eigenvalue weighted by atomic mass is 32.1. The number of methoxy groups -OCH3 is 1. The Kier molecular flexibility index (Phi) is 4.99. The molecule has 0 fully saturated rings. The first-order valence-electron chi connectivity index (χ1n) is 5.36. The first kappa shape index (κ1) is 12.7. The highest BCUT2D eigenvalue weighted by Gasteiger charge is 2.03.